The van der Waals surface area contributed by atoms with Crippen LogP contribution in [0.15, 0.2) is 53.4 Å². The third-order valence-corrected chi connectivity index (χ3v) is 5.88. The summed E-state index contributed by atoms with van der Waals surface area (Å²) in [4.78, 5) is 23.9. The molecule has 5 N–H and O–H groups in total. The molecule has 0 saturated heterocycles. The summed E-state index contributed by atoms with van der Waals surface area (Å²) in [6.07, 6.45) is 0. The van der Waals surface area contributed by atoms with Gasteiger partial charge in [0.2, 0.25) is 10.0 Å². The Kier molecular flexibility index (Phi) is 7.74. The number of nitrogens with one attached hydrogen (secondary N) is 3. The van der Waals surface area contributed by atoms with Crippen LogP contribution < -0.4 is 21.3 Å². The fourth-order valence-electron chi connectivity index (χ4n) is 2.49. The number of hydrazine groups is 1. The summed E-state index contributed by atoms with van der Waals surface area (Å²) in [5.74, 6) is 3.93. The molecule has 29 heavy (non-hydrogen) atoms. The molecule has 0 fully saturated rings. The van der Waals surface area contributed by atoms with E-state index in [-0.39, 0.29) is 23.3 Å². The summed E-state index contributed by atoms with van der Waals surface area (Å²) in [6.45, 7) is 3.63. The van der Waals surface area contributed by atoms with Gasteiger partial charge in [-0.1, -0.05) is 37.6 Å². The number of hydrogen-bond donors (Lipinski definition) is 4. The minimum atomic E-state index is -3.92. The van der Waals surface area contributed by atoms with Crippen LogP contribution in [0.5, 0.6) is 0 Å². The van der Waals surface area contributed by atoms with Crippen molar-refractivity contribution in [2.45, 2.75) is 31.3 Å². The predicted octanol–water partition coefficient (Wildman–Crippen LogP) is 1.56. The average molecular weight is 439 g/mol. The number of nitrogens with two attached hydrogens (primary N) is 1. The highest BCUT2D eigenvalue weighted by Crippen LogP contribution is 2.14. The van der Waals surface area contributed by atoms with Gasteiger partial charge in [0.1, 0.15) is 6.04 Å². The van der Waals surface area contributed by atoms with E-state index in [9.17, 15) is 18.0 Å². The largest absolute Gasteiger partial charge is 0.348 e. The van der Waals surface area contributed by atoms with Crippen LogP contribution in [-0.2, 0) is 21.4 Å². The van der Waals surface area contributed by atoms with Gasteiger partial charge < -0.3 is 5.32 Å². The molecule has 0 aliphatic rings. The third-order valence-electron chi connectivity index (χ3n) is 4.17. The topological polar surface area (TPSA) is 130 Å². The molecule has 0 saturated carbocycles. The normalized spacial score (nSPS) is 12.4. The fourth-order valence-corrected chi connectivity index (χ4v) is 3.96. The number of rotatable bonds is 8. The van der Waals surface area contributed by atoms with Crippen LogP contribution in [0.3, 0.4) is 0 Å². The summed E-state index contributed by atoms with van der Waals surface area (Å²) >= 11 is 5.80. The standard InChI is InChI=1S/C19H23ClN4O4S/c1-12(2)17(19(26)23-21)24-29(27,28)16-9-3-13(4-10-16)11-22-18(25)14-5-7-15(20)8-6-14/h3-10,12,17,24H,11,21H2,1-2H3,(H,22,25)(H,23,26)/t17-/m0/s1. The van der Waals surface area contributed by atoms with E-state index >= 15 is 0 Å². The molecule has 156 valence electrons. The van der Waals surface area contributed by atoms with Gasteiger partial charge in [-0.3, -0.25) is 15.0 Å². The molecule has 0 unspecified atom stereocenters. The van der Waals surface area contributed by atoms with Gasteiger partial charge in [0.25, 0.3) is 11.8 Å². The molecule has 8 nitrogen and oxygen atoms in total. The lowest BCUT2D eigenvalue weighted by atomic mass is 10.1. The summed E-state index contributed by atoms with van der Waals surface area (Å²) in [5.41, 5.74) is 3.14. The molecule has 2 aromatic rings. The van der Waals surface area contributed by atoms with Crippen LogP contribution >= 0.6 is 11.6 Å². The number of carbonyl (C=O) groups excluding carboxylic acids is 2. The molecule has 2 amide bonds. The van der Waals surface area contributed by atoms with Gasteiger partial charge in [-0.2, -0.15) is 4.72 Å². The Hall–Kier alpha value is -2.46. The summed E-state index contributed by atoms with van der Waals surface area (Å²) in [5, 5.41) is 3.29. The quantitative estimate of drug-likeness (QED) is 0.282. The first-order valence-corrected chi connectivity index (χ1v) is 10.7. The zero-order valence-corrected chi connectivity index (χ0v) is 17.5. The maximum atomic E-state index is 12.5. The Labute approximate surface area is 174 Å². The van der Waals surface area contributed by atoms with Gasteiger partial charge in [0, 0.05) is 17.1 Å². The van der Waals surface area contributed by atoms with Crippen molar-refractivity contribution in [2.24, 2.45) is 11.8 Å². The van der Waals surface area contributed by atoms with Crippen LogP contribution in [0.1, 0.15) is 29.8 Å². The van der Waals surface area contributed by atoms with Gasteiger partial charge >= 0.3 is 0 Å². The lowest BCUT2D eigenvalue weighted by molar-refractivity contribution is -0.123. The predicted molar refractivity (Wildman–Crippen MR) is 110 cm³/mol. The zero-order valence-electron chi connectivity index (χ0n) is 16.0. The second-order valence-corrected chi connectivity index (χ2v) is 8.84. The van der Waals surface area contributed by atoms with E-state index in [4.69, 9.17) is 17.4 Å². The second kappa shape index (κ2) is 9.84. The van der Waals surface area contributed by atoms with Crippen molar-refractivity contribution in [2.75, 3.05) is 0 Å². The molecule has 0 heterocycles. The van der Waals surface area contributed by atoms with Crippen molar-refractivity contribution in [3.8, 4) is 0 Å². The van der Waals surface area contributed by atoms with Crippen molar-refractivity contribution >= 4 is 33.4 Å². The van der Waals surface area contributed by atoms with Crippen molar-refractivity contribution in [3.63, 3.8) is 0 Å². The monoisotopic (exact) mass is 438 g/mol. The van der Waals surface area contributed by atoms with E-state index < -0.39 is 22.0 Å². The first kappa shape index (κ1) is 22.8. The van der Waals surface area contributed by atoms with E-state index in [0.717, 1.165) is 0 Å². The van der Waals surface area contributed by atoms with Crippen LogP contribution in [0.25, 0.3) is 0 Å². The Balaban J connectivity index is 2.04. The van der Waals surface area contributed by atoms with Crippen molar-refractivity contribution < 1.29 is 18.0 Å². The lowest BCUT2D eigenvalue weighted by Gasteiger charge is -2.20. The molecule has 0 bridgehead atoms. The number of benzene rings is 2. The number of sulfonamides is 1. The first-order chi connectivity index (χ1) is 13.6. The van der Waals surface area contributed by atoms with Gasteiger partial charge in [0.05, 0.1) is 4.90 Å². The summed E-state index contributed by atoms with van der Waals surface area (Å²) in [7, 11) is -3.92. The van der Waals surface area contributed by atoms with Crippen LogP contribution in [0.4, 0.5) is 0 Å². The molecule has 0 aliphatic carbocycles. The molecular weight excluding hydrogens is 416 g/mol. The van der Waals surface area contributed by atoms with E-state index in [2.05, 4.69) is 10.0 Å². The zero-order chi connectivity index (χ0) is 21.6. The Morgan fingerprint density at radius 2 is 1.62 bits per heavy atom. The van der Waals surface area contributed by atoms with Gasteiger partial charge in [-0.15, -0.1) is 0 Å². The maximum Gasteiger partial charge on any atom is 0.252 e. The number of halogens is 1. The Morgan fingerprint density at radius 3 is 2.14 bits per heavy atom. The minimum Gasteiger partial charge on any atom is -0.348 e. The molecule has 0 radical (unpaired) electrons. The molecule has 2 aromatic carbocycles. The van der Waals surface area contributed by atoms with Gasteiger partial charge in [-0.05, 0) is 47.9 Å². The van der Waals surface area contributed by atoms with E-state index in [1.54, 1.807) is 50.2 Å². The average Bonchev–Trinajstić information content (AvgIpc) is 2.70. The smallest absolute Gasteiger partial charge is 0.252 e. The molecule has 2 rings (SSSR count). The molecule has 0 spiro atoms. The maximum absolute atomic E-state index is 12.5. The highest BCUT2D eigenvalue weighted by Gasteiger charge is 2.27. The Bertz CT molecular complexity index is 961. The van der Waals surface area contributed by atoms with Crippen LogP contribution in [0, 0.1) is 5.92 Å². The summed E-state index contributed by atoms with van der Waals surface area (Å²) < 4.78 is 27.4. The highest BCUT2D eigenvalue weighted by atomic mass is 35.5. The lowest BCUT2D eigenvalue weighted by Crippen LogP contribution is -2.51. The SMILES string of the molecule is CC(C)[C@H](NS(=O)(=O)c1ccc(CNC(=O)c2ccc(Cl)cc2)cc1)C(=O)NN. The van der Waals surface area contributed by atoms with E-state index in [1.807, 2.05) is 5.43 Å². The minimum absolute atomic E-state index is 0.000694. The van der Waals surface area contributed by atoms with Crippen molar-refractivity contribution in [1.29, 1.82) is 0 Å². The molecule has 1 atom stereocenters. The third kappa shape index (κ3) is 6.26. The van der Waals surface area contributed by atoms with Crippen LogP contribution in [0.2, 0.25) is 5.02 Å². The molecule has 0 aromatic heterocycles. The number of hydrogen-bond acceptors (Lipinski definition) is 5. The van der Waals surface area contributed by atoms with Crippen molar-refractivity contribution in [1.82, 2.24) is 15.5 Å². The first-order valence-electron chi connectivity index (χ1n) is 8.79. The molecule has 10 heteroatoms. The van der Waals surface area contributed by atoms with Gasteiger partial charge in [-0.25, -0.2) is 14.3 Å². The van der Waals surface area contributed by atoms with Crippen LogP contribution in [-0.4, -0.2) is 26.3 Å². The number of carbonyl (C=O) groups is 2. The molecule has 0 aliphatic heterocycles. The molecular formula is C19H23ClN4O4S. The number of amides is 2. The fraction of sp³-hybridized carbons (Fsp3) is 0.263. The highest BCUT2D eigenvalue weighted by molar-refractivity contribution is 7.89. The second-order valence-electron chi connectivity index (χ2n) is 6.69. The van der Waals surface area contributed by atoms with Gasteiger partial charge in [0.15, 0.2) is 0 Å². The van der Waals surface area contributed by atoms with E-state index in [1.165, 1.54) is 12.1 Å². The summed E-state index contributed by atoms with van der Waals surface area (Å²) in [6, 6.07) is 11.5. The van der Waals surface area contributed by atoms with E-state index in [0.29, 0.717) is 16.1 Å². The Morgan fingerprint density at radius 1 is 1.03 bits per heavy atom. The van der Waals surface area contributed by atoms with Crippen molar-refractivity contribution in [3.05, 3.63) is 64.7 Å².